The van der Waals surface area contributed by atoms with E-state index in [0.717, 1.165) is 23.5 Å². The smallest absolute Gasteiger partial charge is 0.166 e. The molecule has 0 aliphatic heterocycles. The Morgan fingerprint density at radius 2 is 2.12 bits per heavy atom. The second kappa shape index (κ2) is 7.88. The van der Waals surface area contributed by atoms with Crippen molar-refractivity contribution in [1.82, 2.24) is 10.6 Å². The van der Waals surface area contributed by atoms with Gasteiger partial charge in [-0.2, -0.15) is 0 Å². The van der Waals surface area contributed by atoms with Crippen molar-refractivity contribution in [2.75, 3.05) is 20.3 Å². The zero-order valence-corrected chi connectivity index (χ0v) is 12.1. The number of methoxy groups -OCH3 is 1. The number of rotatable bonds is 5. The normalized spacial score (nSPS) is 26.3. The third-order valence-electron chi connectivity index (χ3n) is 3.61. The van der Waals surface area contributed by atoms with Gasteiger partial charge in [0.05, 0.1) is 6.61 Å². The van der Waals surface area contributed by atoms with Crippen LogP contribution in [0.15, 0.2) is 0 Å². The molecule has 0 spiro atoms. The SMILES string of the molecule is COCC(C)NC(=S)NCC1CCCCC1C. The summed E-state index contributed by atoms with van der Waals surface area (Å²) in [6.07, 6.45) is 5.47. The number of hydrogen-bond donors (Lipinski definition) is 2. The van der Waals surface area contributed by atoms with Gasteiger partial charge in [-0.05, 0) is 37.4 Å². The van der Waals surface area contributed by atoms with E-state index in [1.807, 2.05) is 0 Å². The van der Waals surface area contributed by atoms with E-state index in [1.54, 1.807) is 7.11 Å². The average molecular weight is 258 g/mol. The molecule has 0 heterocycles. The minimum Gasteiger partial charge on any atom is -0.383 e. The van der Waals surface area contributed by atoms with Gasteiger partial charge in [0.2, 0.25) is 0 Å². The predicted octanol–water partition coefficient (Wildman–Crippen LogP) is 2.31. The molecule has 0 amide bonds. The van der Waals surface area contributed by atoms with Gasteiger partial charge in [0, 0.05) is 19.7 Å². The molecule has 0 aromatic rings. The van der Waals surface area contributed by atoms with Crippen LogP contribution < -0.4 is 10.6 Å². The van der Waals surface area contributed by atoms with Crippen molar-refractivity contribution in [1.29, 1.82) is 0 Å². The van der Waals surface area contributed by atoms with Gasteiger partial charge in [-0.1, -0.05) is 26.2 Å². The van der Waals surface area contributed by atoms with E-state index in [2.05, 4.69) is 24.5 Å². The lowest BCUT2D eigenvalue weighted by Crippen LogP contribution is -2.44. The molecule has 0 bridgehead atoms. The zero-order chi connectivity index (χ0) is 12.7. The monoisotopic (exact) mass is 258 g/mol. The van der Waals surface area contributed by atoms with Crippen LogP contribution in [0.25, 0.3) is 0 Å². The molecule has 0 radical (unpaired) electrons. The Morgan fingerprint density at radius 1 is 1.41 bits per heavy atom. The molecule has 1 saturated carbocycles. The fourth-order valence-corrected chi connectivity index (χ4v) is 2.77. The Bertz CT molecular complexity index is 235. The first-order chi connectivity index (χ1) is 8.13. The summed E-state index contributed by atoms with van der Waals surface area (Å²) in [7, 11) is 1.71. The molecule has 0 aromatic heterocycles. The van der Waals surface area contributed by atoms with Crippen LogP contribution in [0.2, 0.25) is 0 Å². The minimum atomic E-state index is 0.267. The molecule has 17 heavy (non-hydrogen) atoms. The van der Waals surface area contributed by atoms with Crippen LogP contribution in [-0.2, 0) is 4.74 Å². The van der Waals surface area contributed by atoms with Crippen molar-refractivity contribution in [3.63, 3.8) is 0 Å². The first-order valence-electron chi connectivity index (χ1n) is 6.66. The summed E-state index contributed by atoms with van der Waals surface area (Å²) in [4.78, 5) is 0. The first-order valence-corrected chi connectivity index (χ1v) is 7.07. The largest absolute Gasteiger partial charge is 0.383 e. The molecule has 1 aliphatic rings. The molecule has 0 aromatic carbocycles. The fraction of sp³-hybridized carbons (Fsp3) is 0.923. The van der Waals surface area contributed by atoms with Gasteiger partial charge in [0.1, 0.15) is 0 Å². The van der Waals surface area contributed by atoms with Crippen molar-refractivity contribution >= 4 is 17.3 Å². The van der Waals surface area contributed by atoms with Crippen LogP contribution in [0.1, 0.15) is 39.5 Å². The predicted molar refractivity (Wildman–Crippen MR) is 76.2 cm³/mol. The molecule has 100 valence electrons. The van der Waals surface area contributed by atoms with Crippen LogP contribution in [0.3, 0.4) is 0 Å². The van der Waals surface area contributed by atoms with Crippen molar-refractivity contribution < 1.29 is 4.74 Å². The maximum atomic E-state index is 5.27. The van der Waals surface area contributed by atoms with Crippen molar-refractivity contribution in [3.05, 3.63) is 0 Å². The lowest BCUT2D eigenvalue weighted by atomic mass is 9.80. The van der Waals surface area contributed by atoms with Crippen LogP contribution in [0, 0.1) is 11.8 Å². The topological polar surface area (TPSA) is 33.3 Å². The van der Waals surface area contributed by atoms with Gasteiger partial charge >= 0.3 is 0 Å². The lowest BCUT2D eigenvalue weighted by molar-refractivity contribution is 0.179. The van der Waals surface area contributed by atoms with Gasteiger partial charge in [0.25, 0.3) is 0 Å². The minimum absolute atomic E-state index is 0.267. The number of thiocarbonyl (C=S) groups is 1. The second-order valence-electron chi connectivity index (χ2n) is 5.23. The molecule has 1 rings (SSSR count). The molecule has 1 fully saturated rings. The van der Waals surface area contributed by atoms with E-state index < -0.39 is 0 Å². The van der Waals surface area contributed by atoms with Gasteiger partial charge < -0.3 is 15.4 Å². The van der Waals surface area contributed by atoms with Crippen molar-refractivity contribution in [2.45, 2.75) is 45.6 Å². The average Bonchev–Trinajstić information content (AvgIpc) is 2.28. The Balaban J connectivity index is 2.18. The van der Waals surface area contributed by atoms with Crippen molar-refractivity contribution in [2.24, 2.45) is 11.8 Å². The van der Waals surface area contributed by atoms with Crippen LogP contribution in [0.4, 0.5) is 0 Å². The maximum Gasteiger partial charge on any atom is 0.166 e. The summed E-state index contributed by atoms with van der Waals surface area (Å²) < 4.78 is 5.07. The Kier molecular flexibility index (Phi) is 6.82. The van der Waals surface area contributed by atoms with Gasteiger partial charge in [-0.25, -0.2) is 0 Å². The highest BCUT2D eigenvalue weighted by Gasteiger charge is 2.21. The summed E-state index contributed by atoms with van der Waals surface area (Å²) in [6, 6.07) is 0.267. The van der Waals surface area contributed by atoms with E-state index in [-0.39, 0.29) is 6.04 Å². The van der Waals surface area contributed by atoms with Crippen LogP contribution in [0.5, 0.6) is 0 Å². The molecule has 2 N–H and O–H groups in total. The number of nitrogens with one attached hydrogen (secondary N) is 2. The Labute approximate surface area is 111 Å². The summed E-state index contributed by atoms with van der Waals surface area (Å²) in [5.74, 6) is 1.61. The van der Waals surface area contributed by atoms with Crippen LogP contribution >= 0.6 is 12.2 Å². The molecule has 4 heteroatoms. The van der Waals surface area contributed by atoms with E-state index >= 15 is 0 Å². The van der Waals surface area contributed by atoms with Gasteiger partial charge in [-0.15, -0.1) is 0 Å². The van der Waals surface area contributed by atoms with Gasteiger partial charge in [0.15, 0.2) is 5.11 Å². The van der Waals surface area contributed by atoms with Gasteiger partial charge in [-0.3, -0.25) is 0 Å². The van der Waals surface area contributed by atoms with E-state index in [1.165, 1.54) is 25.7 Å². The quantitative estimate of drug-likeness (QED) is 0.742. The summed E-state index contributed by atoms with van der Waals surface area (Å²) in [5, 5.41) is 7.32. The number of hydrogen-bond acceptors (Lipinski definition) is 2. The summed E-state index contributed by atoms with van der Waals surface area (Å²) in [5.41, 5.74) is 0. The highest BCUT2D eigenvalue weighted by molar-refractivity contribution is 7.80. The molecule has 3 atom stereocenters. The zero-order valence-electron chi connectivity index (χ0n) is 11.3. The van der Waals surface area contributed by atoms with Crippen molar-refractivity contribution in [3.8, 4) is 0 Å². The molecule has 1 aliphatic carbocycles. The number of ether oxygens (including phenoxy) is 1. The van der Waals surface area contributed by atoms with E-state index in [9.17, 15) is 0 Å². The molecular weight excluding hydrogens is 232 g/mol. The second-order valence-corrected chi connectivity index (χ2v) is 5.64. The Morgan fingerprint density at radius 3 is 2.76 bits per heavy atom. The third-order valence-corrected chi connectivity index (χ3v) is 3.87. The summed E-state index contributed by atoms with van der Waals surface area (Å²) >= 11 is 5.27. The lowest BCUT2D eigenvalue weighted by Gasteiger charge is -2.29. The molecule has 0 saturated heterocycles. The molecular formula is C13H26N2OS. The first kappa shape index (κ1) is 14.7. The fourth-order valence-electron chi connectivity index (χ4n) is 2.49. The third kappa shape index (κ3) is 5.68. The molecule has 3 nitrogen and oxygen atoms in total. The summed E-state index contributed by atoms with van der Waals surface area (Å²) in [6.45, 7) is 6.12. The van der Waals surface area contributed by atoms with E-state index in [4.69, 9.17) is 17.0 Å². The highest BCUT2D eigenvalue weighted by atomic mass is 32.1. The standard InChI is InChI=1S/C13H26N2OS/c1-10-6-4-5-7-12(10)8-14-13(17)15-11(2)9-16-3/h10-12H,4-9H2,1-3H3,(H2,14,15,17). The maximum absolute atomic E-state index is 5.27. The highest BCUT2D eigenvalue weighted by Crippen LogP contribution is 2.28. The van der Waals surface area contributed by atoms with Crippen LogP contribution in [-0.4, -0.2) is 31.4 Å². The Hall–Kier alpha value is -0.350. The molecule has 3 unspecified atom stereocenters. The van der Waals surface area contributed by atoms with E-state index in [0.29, 0.717) is 6.61 Å².